The quantitative estimate of drug-likeness (QED) is 0.581. The molecule has 2 aromatic carbocycles. The Balaban J connectivity index is 1.91. The van der Waals surface area contributed by atoms with Crippen molar-refractivity contribution in [2.45, 2.75) is 19.8 Å². The van der Waals surface area contributed by atoms with Crippen molar-refractivity contribution in [3.05, 3.63) is 53.6 Å². The molecule has 0 heterocycles. The first-order valence-electron chi connectivity index (χ1n) is 7.84. The molecule has 4 nitrogen and oxygen atoms in total. The molecule has 2 rings (SSSR count). The number of hydrogen-bond acceptors (Lipinski definition) is 4. The Morgan fingerprint density at radius 3 is 2.21 bits per heavy atom. The lowest BCUT2D eigenvalue weighted by atomic mass is 10.0. The van der Waals surface area contributed by atoms with Gasteiger partial charge in [0.15, 0.2) is 0 Å². The molecule has 0 amide bonds. The van der Waals surface area contributed by atoms with Crippen molar-refractivity contribution < 1.29 is 14.2 Å². The summed E-state index contributed by atoms with van der Waals surface area (Å²) < 4.78 is 16.7. The van der Waals surface area contributed by atoms with Gasteiger partial charge in [-0.3, -0.25) is 0 Å². The minimum absolute atomic E-state index is 0.290. The Morgan fingerprint density at radius 1 is 1.00 bits per heavy atom. The molecule has 0 saturated carbocycles. The fraction of sp³-hybridized carbons (Fsp3) is 0.316. The van der Waals surface area contributed by atoms with Gasteiger partial charge in [-0.1, -0.05) is 38.2 Å². The highest BCUT2D eigenvalue weighted by Crippen LogP contribution is 2.25. The first kappa shape index (κ1) is 18.1. The van der Waals surface area contributed by atoms with Crippen LogP contribution in [0.25, 0.3) is 0 Å². The maximum absolute atomic E-state index is 5.75. The summed E-state index contributed by atoms with van der Waals surface area (Å²) in [5, 5.41) is 0. The largest absolute Gasteiger partial charge is 0.497 e. The molecule has 5 heteroatoms. The van der Waals surface area contributed by atoms with Gasteiger partial charge in [-0.05, 0) is 35.7 Å². The van der Waals surface area contributed by atoms with E-state index in [1.54, 1.807) is 25.3 Å². The fourth-order valence-electron chi connectivity index (χ4n) is 2.21. The highest BCUT2D eigenvalue weighted by Gasteiger charge is 2.08. The first-order valence-corrected chi connectivity index (χ1v) is 8.25. The molecule has 128 valence electrons. The minimum Gasteiger partial charge on any atom is -0.497 e. The topological polar surface area (TPSA) is 53.7 Å². The molecule has 0 atom stereocenters. The highest BCUT2D eigenvalue weighted by molar-refractivity contribution is 7.80. The highest BCUT2D eigenvalue weighted by atomic mass is 32.1. The summed E-state index contributed by atoms with van der Waals surface area (Å²) in [6, 6.07) is 13.5. The molecule has 2 aromatic rings. The van der Waals surface area contributed by atoms with Gasteiger partial charge < -0.3 is 19.9 Å². The maximum Gasteiger partial charge on any atom is 0.133 e. The molecular weight excluding hydrogens is 322 g/mol. The van der Waals surface area contributed by atoms with Gasteiger partial charge in [-0.15, -0.1) is 0 Å². The van der Waals surface area contributed by atoms with Gasteiger partial charge in [-0.25, -0.2) is 0 Å². The smallest absolute Gasteiger partial charge is 0.133 e. The van der Waals surface area contributed by atoms with Crippen LogP contribution in [0.2, 0.25) is 0 Å². The van der Waals surface area contributed by atoms with Gasteiger partial charge in [0.2, 0.25) is 0 Å². The summed E-state index contributed by atoms with van der Waals surface area (Å²) in [5.41, 5.74) is 7.69. The fourth-order valence-corrected chi connectivity index (χ4v) is 2.38. The van der Waals surface area contributed by atoms with E-state index in [0.717, 1.165) is 5.75 Å². The van der Waals surface area contributed by atoms with Crippen LogP contribution >= 0.6 is 12.2 Å². The molecule has 0 aliphatic rings. The third-order valence-electron chi connectivity index (χ3n) is 3.61. The first-order chi connectivity index (χ1) is 11.5. The van der Waals surface area contributed by atoms with Crippen molar-refractivity contribution >= 4 is 17.2 Å². The second kappa shape index (κ2) is 8.55. The molecule has 0 bridgehead atoms. The van der Waals surface area contributed by atoms with Crippen LogP contribution in [0.15, 0.2) is 42.5 Å². The summed E-state index contributed by atoms with van der Waals surface area (Å²) >= 11 is 5.04. The molecule has 0 aliphatic carbocycles. The number of benzene rings is 2. The second-order valence-electron chi connectivity index (χ2n) is 5.65. The van der Waals surface area contributed by atoms with E-state index in [-0.39, 0.29) is 4.99 Å². The summed E-state index contributed by atoms with van der Waals surface area (Å²) in [7, 11) is 1.60. The average molecular weight is 345 g/mol. The van der Waals surface area contributed by atoms with E-state index in [0.29, 0.717) is 36.2 Å². The number of rotatable bonds is 8. The third-order valence-corrected chi connectivity index (χ3v) is 3.83. The predicted molar refractivity (Wildman–Crippen MR) is 100 cm³/mol. The van der Waals surface area contributed by atoms with E-state index in [9.17, 15) is 0 Å². The SMILES string of the molecule is COc1ccc(C(N)=S)c(OCCOc2ccc(C(C)C)cc2)c1. The molecule has 0 radical (unpaired) electrons. The maximum atomic E-state index is 5.75. The van der Waals surface area contributed by atoms with E-state index >= 15 is 0 Å². The summed E-state index contributed by atoms with van der Waals surface area (Å²) in [6.45, 7) is 5.14. The van der Waals surface area contributed by atoms with Gasteiger partial charge in [0.1, 0.15) is 35.5 Å². The van der Waals surface area contributed by atoms with E-state index < -0.39 is 0 Å². The zero-order chi connectivity index (χ0) is 17.5. The lowest BCUT2D eigenvalue weighted by Gasteiger charge is -2.13. The van der Waals surface area contributed by atoms with Crippen LogP contribution in [-0.4, -0.2) is 25.3 Å². The minimum atomic E-state index is 0.290. The average Bonchev–Trinajstić information content (AvgIpc) is 2.58. The van der Waals surface area contributed by atoms with Crippen LogP contribution in [0.1, 0.15) is 30.9 Å². The molecule has 0 aliphatic heterocycles. The Labute approximate surface area is 148 Å². The van der Waals surface area contributed by atoms with E-state index in [4.69, 9.17) is 32.2 Å². The van der Waals surface area contributed by atoms with Crippen LogP contribution in [0.5, 0.6) is 17.2 Å². The van der Waals surface area contributed by atoms with Crippen molar-refractivity contribution in [3.63, 3.8) is 0 Å². The summed E-state index contributed by atoms with van der Waals surface area (Å²) in [5.74, 6) is 2.62. The Bertz CT molecular complexity index is 684. The number of methoxy groups -OCH3 is 1. The van der Waals surface area contributed by atoms with E-state index in [2.05, 4.69) is 26.0 Å². The van der Waals surface area contributed by atoms with E-state index in [1.807, 2.05) is 12.1 Å². The molecule has 0 saturated heterocycles. The van der Waals surface area contributed by atoms with Crippen LogP contribution in [0.4, 0.5) is 0 Å². The summed E-state index contributed by atoms with van der Waals surface area (Å²) in [4.78, 5) is 0.290. The van der Waals surface area contributed by atoms with Gasteiger partial charge in [0.25, 0.3) is 0 Å². The van der Waals surface area contributed by atoms with Crippen LogP contribution in [0, 0.1) is 0 Å². The number of nitrogens with two attached hydrogens (primary N) is 1. The molecule has 2 N–H and O–H groups in total. The zero-order valence-corrected chi connectivity index (χ0v) is 15.1. The standard InChI is InChI=1S/C19H23NO3S/c1-13(2)14-4-6-15(7-5-14)22-10-11-23-18-12-16(21-3)8-9-17(18)19(20)24/h4-9,12-13H,10-11H2,1-3H3,(H2,20,24). The van der Waals surface area contributed by atoms with Gasteiger partial charge in [-0.2, -0.15) is 0 Å². The van der Waals surface area contributed by atoms with Gasteiger partial charge in [0.05, 0.1) is 12.7 Å². The Kier molecular flexibility index (Phi) is 6.44. The Morgan fingerprint density at radius 2 is 1.62 bits per heavy atom. The number of hydrogen-bond donors (Lipinski definition) is 1. The van der Waals surface area contributed by atoms with Crippen molar-refractivity contribution in [1.82, 2.24) is 0 Å². The number of thiocarbonyl (C=S) groups is 1. The van der Waals surface area contributed by atoms with Crippen LogP contribution in [-0.2, 0) is 0 Å². The zero-order valence-electron chi connectivity index (χ0n) is 14.2. The normalized spacial score (nSPS) is 10.5. The predicted octanol–water partition coefficient (Wildman–Crippen LogP) is 3.91. The van der Waals surface area contributed by atoms with Crippen molar-refractivity contribution in [2.24, 2.45) is 5.73 Å². The van der Waals surface area contributed by atoms with Crippen molar-refractivity contribution in [3.8, 4) is 17.2 Å². The molecular formula is C19H23NO3S. The summed E-state index contributed by atoms with van der Waals surface area (Å²) in [6.07, 6.45) is 0. The van der Waals surface area contributed by atoms with Crippen molar-refractivity contribution in [2.75, 3.05) is 20.3 Å². The van der Waals surface area contributed by atoms with Gasteiger partial charge >= 0.3 is 0 Å². The van der Waals surface area contributed by atoms with Crippen molar-refractivity contribution in [1.29, 1.82) is 0 Å². The van der Waals surface area contributed by atoms with Crippen LogP contribution < -0.4 is 19.9 Å². The second-order valence-corrected chi connectivity index (χ2v) is 6.09. The molecule has 0 aromatic heterocycles. The monoisotopic (exact) mass is 345 g/mol. The third kappa shape index (κ3) is 4.86. The Hall–Kier alpha value is -2.27. The molecule has 24 heavy (non-hydrogen) atoms. The van der Waals surface area contributed by atoms with E-state index in [1.165, 1.54) is 5.56 Å². The number of ether oxygens (including phenoxy) is 3. The lowest BCUT2D eigenvalue weighted by molar-refractivity contribution is 0.216. The lowest BCUT2D eigenvalue weighted by Crippen LogP contribution is -2.14. The van der Waals surface area contributed by atoms with Crippen LogP contribution in [0.3, 0.4) is 0 Å². The molecule has 0 fully saturated rings. The van der Waals surface area contributed by atoms with Gasteiger partial charge in [0, 0.05) is 6.07 Å². The molecule has 0 spiro atoms. The molecule has 0 unspecified atom stereocenters.